The molecule has 4 rings (SSSR count). The molecule has 0 saturated heterocycles. The Balaban J connectivity index is 0.000000573. The van der Waals surface area contributed by atoms with E-state index >= 15 is 0 Å². The van der Waals surface area contributed by atoms with Gasteiger partial charge in [0.15, 0.2) is 0 Å². The predicted octanol–water partition coefficient (Wildman–Crippen LogP) is 9.12. The first kappa shape index (κ1) is 38.2. The molecule has 0 radical (unpaired) electrons. The molecule has 0 atom stereocenters. The zero-order valence-corrected chi connectivity index (χ0v) is 24.2. The van der Waals surface area contributed by atoms with Crippen LogP contribution in [0.4, 0.5) is 46.5 Å². The van der Waals surface area contributed by atoms with Crippen molar-refractivity contribution in [2.24, 2.45) is 0 Å². The molecule has 0 spiro atoms. The van der Waals surface area contributed by atoms with E-state index in [4.69, 9.17) is 0 Å². The molecule has 0 aliphatic heterocycles. The summed E-state index contributed by atoms with van der Waals surface area (Å²) in [7, 11) is 0. The molecule has 2 N–H and O–H groups in total. The summed E-state index contributed by atoms with van der Waals surface area (Å²) in [5.74, 6) is -11.8. The largest absolute Gasteiger partial charge is 4.00 e. The third kappa shape index (κ3) is 14.1. The number of hydrogen-bond acceptors (Lipinski definition) is 2. The van der Waals surface area contributed by atoms with Crippen LogP contribution in [0.2, 0.25) is 0 Å². The van der Waals surface area contributed by atoms with Gasteiger partial charge < -0.3 is 10.6 Å². The van der Waals surface area contributed by atoms with Gasteiger partial charge in [-0.3, -0.25) is 29.7 Å². The van der Waals surface area contributed by atoms with E-state index in [0.29, 0.717) is 12.8 Å². The summed E-state index contributed by atoms with van der Waals surface area (Å²) in [5.41, 5.74) is -1.53. The molecule has 2 aliphatic rings. The first-order valence-corrected chi connectivity index (χ1v) is 12.6. The number of benzene rings is 2. The molecular formula is C30H30F8N2Ti. The van der Waals surface area contributed by atoms with Gasteiger partial charge in [0.2, 0.25) is 0 Å². The molecule has 2 aromatic rings. The Hall–Kier alpha value is -2.85. The minimum absolute atomic E-state index is 0. The molecule has 0 unspecified atom stereocenters. The van der Waals surface area contributed by atoms with Crippen LogP contribution in [-0.2, 0) is 21.7 Å². The topological polar surface area (TPSA) is 24.1 Å². The maximum absolute atomic E-state index is 13.0. The summed E-state index contributed by atoms with van der Waals surface area (Å²) in [6.45, 7) is 4.28. The minimum atomic E-state index is -1.52. The number of rotatable bonds is 8. The molecule has 11 heteroatoms. The molecule has 0 heterocycles. The van der Waals surface area contributed by atoms with Gasteiger partial charge in [-0.05, 0) is 24.2 Å². The summed E-state index contributed by atoms with van der Waals surface area (Å²) in [6, 6.07) is 2.63. The first-order chi connectivity index (χ1) is 19.1. The third-order valence-electron chi connectivity index (χ3n) is 4.92. The van der Waals surface area contributed by atoms with Crippen molar-refractivity contribution < 1.29 is 56.8 Å². The van der Waals surface area contributed by atoms with Gasteiger partial charge in [0.1, 0.15) is 0 Å². The van der Waals surface area contributed by atoms with Crippen molar-refractivity contribution in [3.05, 3.63) is 107 Å². The van der Waals surface area contributed by atoms with Crippen LogP contribution in [0.3, 0.4) is 0 Å². The smallest absolute Gasteiger partial charge is 0.401 e. The monoisotopic (exact) mass is 618 g/mol. The molecule has 0 saturated carbocycles. The van der Waals surface area contributed by atoms with Crippen molar-refractivity contribution >= 4 is 11.4 Å². The van der Waals surface area contributed by atoms with Crippen molar-refractivity contribution in [1.29, 1.82) is 0 Å². The quantitative estimate of drug-likeness (QED) is 0.101. The van der Waals surface area contributed by atoms with Crippen molar-refractivity contribution in [2.45, 2.75) is 52.4 Å². The molecule has 0 amide bonds. The van der Waals surface area contributed by atoms with Gasteiger partial charge in [-0.25, -0.2) is 41.9 Å². The van der Waals surface area contributed by atoms with Crippen LogP contribution in [0.25, 0.3) is 0 Å². The van der Waals surface area contributed by atoms with Crippen LogP contribution in [-0.4, -0.2) is 13.1 Å². The van der Waals surface area contributed by atoms with Crippen LogP contribution < -0.4 is 10.6 Å². The Morgan fingerprint density at radius 2 is 0.902 bits per heavy atom. The Labute approximate surface area is 251 Å². The average Bonchev–Trinajstić information content (AvgIpc) is 3.71. The van der Waals surface area contributed by atoms with Gasteiger partial charge in [-0.1, -0.05) is 26.7 Å². The molecule has 0 aromatic heterocycles. The maximum atomic E-state index is 13.0. The van der Waals surface area contributed by atoms with Crippen LogP contribution in [0.5, 0.6) is 0 Å². The molecule has 0 bridgehead atoms. The fourth-order valence-corrected chi connectivity index (χ4v) is 2.82. The molecule has 2 aliphatic carbocycles. The summed E-state index contributed by atoms with van der Waals surface area (Å²) < 4.78 is 103. The third-order valence-corrected chi connectivity index (χ3v) is 4.92. The van der Waals surface area contributed by atoms with Crippen LogP contribution in [0, 0.1) is 70.8 Å². The molecule has 0 fully saturated rings. The van der Waals surface area contributed by atoms with E-state index in [1.54, 1.807) is 0 Å². The van der Waals surface area contributed by atoms with E-state index in [2.05, 4.69) is 34.9 Å². The number of unbranched alkanes of at least 4 members (excludes halogenated alkanes) is 2. The summed E-state index contributed by atoms with van der Waals surface area (Å²) in [6.07, 6.45) is 22.9. The average molecular weight is 618 g/mol. The SMILES string of the molecule is CCCCNc1c(F)c(F)[c-]c(F)c1F.CCCCNc1c(F)c(F)[c-]c(F)c1F.[C-]1=CC=CC1.[C-]1=CC=CC1.[Ti+4]. The van der Waals surface area contributed by atoms with Crippen molar-refractivity contribution in [2.75, 3.05) is 23.7 Å². The van der Waals surface area contributed by atoms with Crippen LogP contribution in [0.1, 0.15) is 52.4 Å². The zero-order valence-electron chi connectivity index (χ0n) is 22.6. The van der Waals surface area contributed by atoms with Crippen molar-refractivity contribution in [3.8, 4) is 0 Å². The van der Waals surface area contributed by atoms with E-state index < -0.39 is 57.9 Å². The maximum Gasteiger partial charge on any atom is 4.00 e. The van der Waals surface area contributed by atoms with E-state index in [1.165, 1.54) is 12.1 Å². The molecule has 2 aromatic carbocycles. The fourth-order valence-electron chi connectivity index (χ4n) is 2.82. The van der Waals surface area contributed by atoms with Gasteiger partial charge in [0.25, 0.3) is 0 Å². The Morgan fingerprint density at radius 1 is 0.585 bits per heavy atom. The van der Waals surface area contributed by atoms with E-state index in [0.717, 1.165) is 25.7 Å². The van der Waals surface area contributed by atoms with Crippen molar-refractivity contribution in [1.82, 2.24) is 0 Å². The second kappa shape index (κ2) is 21.8. The van der Waals surface area contributed by atoms with Crippen molar-refractivity contribution in [3.63, 3.8) is 0 Å². The normalized spacial score (nSPS) is 12.0. The van der Waals surface area contributed by atoms with Gasteiger partial charge in [-0.2, -0.15) is 12.2 Å². The molecule has 2 nitrogen and oxygen atoms in total. The Morgan fingerprint density at radius 3 is 1.10 bits per heavy atom. The number of hydrogen-bond donors (Lipinski definition) is 2. The molecular weight excluding hydrogens is 588 g/mol. The second-order valence-electron chi connectivity index (χ2n) is 8.08. The number of anilines is 2. The number of halogens is 8. The standard InChI is InChI=1S/2C10H10F4N.2C5H5.Ti/c2*1-2-3-4-15-10-8(13)6(11)5-7(12)9(10)14;2*1-2-4-5-3-1;/h2*15H,2-4H2,1H3;2*1-3H,4H2;/q4*-1;+4. The predicted molar refractivity (Wildman–Crippen MR) is 140 cm³/mol. The van der Waals surface area contributed by atoms with Gasteiger partial charge in [0, 0.05) is 13.1 Å². The van der Waals surface area contributed by atoms with Gasteiger partial charge in [-0.15, -0.1) is 25.0 Å². The number of nitrogens with one attached hydrogen (secondary N) is 2. The van der Waals surface area contributed by atoms with Gasteiger partial charge >= 0.3 is 21.7 Å². The van der Waals surface area contributed by atoms with Gasteiger partial charge in [0.05, 0.1) is 46.5 Å². The fraction of sp³-hybridized carbons (Fsp3) is 0.333. The summed E-state index contributed by atoms with van der Waals surface area (Å²) in [5, 5.41) is 4.63. The first-order valence-electron chi connectivity index (χ1n) is 12.6. The van der Waals surface area contributed by atoms with E-state index in [-0.39, 0.29) is 34.8 Å². The molecule has 41 heavy (non-hydrogen) atoms. The van der Waals surface area contributed by atoms with E-state index in [9.17, 15) is 35.1 Å². The zero-order chi connectivity index (χ0) is 29.9. The molecule has 220 valence electrons. The van der Waals surface area contributed by atoms with E-state index in [1.807, 2.05) is 38.2 Å². The number of allylic oxidation sites excluding steroid dienone is 8. The Bertz CT molecular complexity index is 1020. The second-order valence-corrected chi connectivity index (χ2v) is 8.08. The summed E-state index contributed by atoms with van der Waals surface area (Å²) in [4.78, 5) is 0. The Kier molecular flexibility index (Phi) is 20.3. The van der Waals surface area contributed by atoms with Crippen LogP contribution >= 0.6 is 0 Å². The minimum Gasteiger partial charge on any atom is -0.401 e. The van der Waals surface area contributed by atoms with Crippen LogP contribution in [0.15, 0.2) is 36.5 Å². The summed E-state index contributed by atoms with van der Waals surface area (Å²) >= 11 is 0.